The van der Waals surface area contributed by atoms with E-state index >= 15 is 0 Å². The van der Waals surface area contributed by atoms with Crippen molar-refractivity contribution in [3.05, 3.63) is 72.4 Å². The molecule has 3 aromatic rings. The molecule has 27 heavy (non-hydrogen) atoms. The molecule has 0 saturated carbocycles. The summed E-state index contributed by atoms with van der Waals surface area (Å²) in [6.45, 7) is 0.757. The Bertz CT molecular complexity index is 948. The third kappa shape index (κ3) is 3.58. The predicted molar refractivity (Wildman–Crippen MR) is 104 cm³/mol. The Hall–Kier alpha value is -3.08. The molecular weight excluding hydrogens is 340 g/mol. The molecule has 1 aliphatic heterocycles. The molecule has 2 heterocycles. The number of carbonyl (C=O) groups is 2. The van der Waals surface area contributed by atoms with Gasteiger partial charge in [-0.15, -0.1) is 0 Å². The van der Waals surface area contributed by atoms with Crippen LogP contribution < -0.4 is 0 Å². The van der Waals surface area contributed by atoms with E-state index in [9.17, 15) is 9.59 Å². The van der Waals surface area contributed by atoms with Gasteiger partial charge in [-0.3, -0.25) is 14.3 Å². The SMILES string of the molecule is O=C(OCc1ccccc1)N1CCCC[C@@H]1C(=O)n1ccc2ccccc21. The lowest BCUT2D eigenvalue weighted by molar-refractivity contribution is 0.0512. The summed E-state index contributed by atoms with van der Waals surface area (Å²) in [7, 11) is 0. The van der Waals surface area contributed by atoms with Gasteiger partial charge in [0.15, 0.2) is 0 Å². The number of para-hydroxylation sites is 1. The van der Waals surface area contributed by atoms with Gasteiger partial charge in [0.25, 0.3) is 5.91 Å². The fraction of sp³-hybridized carbons (Fsp3) is 0.273. The number of hydrogen-bond acceptors (Lipinski definition) is 3. The third-order valence-electron chi connectivity index (χ3n) is 5.06. The van der Waals surface area contributed by atoms with Crippen molar-refractivity contribution in [3.63, 3.8) is 0 Å². The smallest absolute Gasteiger partial charge is 0.410 e. The molecule has 1 aliphatic rings. The number of piperidine rings is 1. The molecule has 1 saturated heterocycles. The van der Waals surface area contributed by atoms with E-state index in [1.165, 1.54) is 0 Å². The predicted octanol–water partition coefficient (Wildman–Crippen LogP) is 4.47. The van der Waals surface area contributed by atoms with E-state index in [0.717, 1.165) is 29.3 Å². The van der Waals surface area contributed by atoms with Crippen molar-refractivity contribution in [1.29, 1.82) is 0 Å². The molecule has 0 N–H and O–H groups in total. The Morgan fingerprint density at radius 1 is 0.963 bits per heavy atom. The van der Waals surface area contributed by atoms with Gasteiger partial charge in [0.05, 0.1) is 5.52 Å². The monoisotopic (exact) mass is 362 g/mol. The molecule has 1 fully saturated rings. The Morgan fingerprint density at radius 3 is 2.59 bits per heavy atom. The van der Waals surface area contributed by atoms with Crippen LogP contribution in [-0.2, 0) is 11.3 Å². The zero-order chi connectivity index (χ0) is 18.6. The van der Waals surface area contributed by atoms with Crippen LogP contribution in [0.2, 0.25) is 0 Å². The molecular formula is C22H22N2O3. The van der Waals surface area contributed by atoms with Gasteiger partial charge in [-0.2, -0.15) is 0 Å². The molecule has 1 atom stereocenters. The standard InChI is InChI=1S/C22H22N2O3/c25-21(23-15-13-18-10-4-5-11-19(18)23)20-12-6-7-14-24(20)22(26)27-16-17-8-2-1-3-9-17/h1-5,8-11,13,15,20H,6-7,12,14,16H2/t20-/m1/s1. The van der Waals surface area contributed by atoms with Crippen molar-refractivity contribution in [2.24, 2.45) is 0 Å². The minimum atomic E-state index is -0.488. The van der Waals surface area contributed by atoms with Gasteiger partial charge < -0.3 is 4.74 Å². The molecule has 1 aromatic heterocycles. The quantitative estimate of drug-likeness (QED) is 0.691. The summed E-state index contributed by atoms with van der Waals surface area (Å²) >= 11 is 0. The van der Waals surface area contributed by atoms with Crippen LogP contribution in [0.5, 0.6) is 0 Å². The summed E-state index contributed by atoms with van der Waals surface area (Å²) in [6.07, 6.45) is 3.84. The van der Waals surface area contributed by atoms with E-state index in [0.29, 0.717) is 13.0 Å². The third-order valence-corrected chi connectivity index (χ3v) is 5.06. The molecule has 0 bridgehead atoms. The normalized spacial score (nSPS) is 17.0. The Balaban J connectivity index is 1.51. The largest absolute Gasteiger partial charge is 0.445 e. The first-order valence-electron chi connectivity index (χ1n) is 9.32. The maximum absolute atomic E-state index is 13.2. The lowest BCUT2D eigenvalue weighted by atomic mass is 10.0. The number of hydrogen-bond donors (Lipinski definition) is 0. The van der Waals surface area contributed by atoms with Crippen molar-refractivity contribution < 1.29 is 14.3 Å². The highest BCUT2D eigenvalue weighted by molar-refractivity contribution is 5.96. The molecule has 2 aromatic carbocycles. The molecule has 5 nitrogen and oxygen atoms in total. The summed E-state index contributed by atoms with van der Waals surface area (Å²) in [5.41, 5.74) is 1.80. The van der Waals surface area contributed by atoms with Crippen LogP contribution in [0.15, 0.2) is 66.9 Å². The highest BCUT2D eigenvalue weighted by atomic mass is 16.6. The number of carbonyl (C=O) groups excluding carboxylic acids is 2. The Kier molecular flexibility index (Phi) is 4.92. The second-order valence-corrected chi connectivity index (χ2v) is 6.83. The first kappa shape index (κ1) is 17.3. The molecule has 0 aliphatic carbocycles. The van der Waals surface area contributed by atoms with Crippen LogP contribution in [0.1, 0.15) is 29.6 Å². The number of rotatable bonds is 3. The van der Waals surface area contributed by atoms with Crippen molar-refractivity contribution in [2.45, 2.75) is 31.9 Å². The lowest BCUT2D eigenvalue weighted by Crippen LogP contribution is -2.49. The van der Waals surface area contributed by atoms with Gasteiger partial charge in [0, 0.05) is 18.1 Å². The number of aromatic nitrogens is 1. The van der Waals surface area contributed by atoms with Gasteiger partial charge >= 0.3 is 6.09 Å². The zero-order valence-corrected chi connectivity index (χ0v) is 15.1. The topological polar surface area (TPSA) is 51.5 Å². The van der Waals surface area contributed by atoms with Crippen LogP contribution in [0, 0.1) is 0 Å². The number of nitrogens with zero attached hydrogens (tertiary/aromatic N) is 2. The number of amides is 1. The fourth-order valence-corrected chi connectivity index (χ4v) is 3.64. The maximum Gasteiger partial charge on any atom is 0.410 e. The molecule has 4 rings (SSSR count). The van der Waals surface area contributed by atoms with Crippen LogP contribution >= 0.6 is 0 Å². The van der Waals surface area contributed by atoms with Crippen molar-refractivity contribution >= 4 is 22.9 Å². The van der Waals surface area contributed by atoms with E-state index < -0.39 is 12.1 Å². The summed E-state index contributed by atoms with van der Waals surface area (Å²) in [4.78, 5) is 27.4. The number of fused-ring (bicyclic) bond motifs is 1. The van der Waals surface area contributed by atoms with Crippen molar-refractivity contribution in [1.82, 2.24) is 9.47 Å². The van der Waals surface area contributed by atoms with Crippen molar-refractivity contribution in [2.75, 3.05) is 6.54 Å². The van der Waals surface area contributed by atoms with E-state index in [1.54, 1.807) is 15.7 Å². The van der Waals surface area contributed by atoms with Crippen molar-refractivity contribution in [3.8, 4) is 0 Å². The lowest BCUT2D eigenvalue weighted by Gasteiger charge is -2.33. The first-order chi connectivity index (χ1) is 13.2. The van der Waals surface area contributed by atoms with Crippen LogP contribution in [0.3, 0.4) is 0 Å². The molecule has 138 valence electrons. The Morgan fingerprint density at radius 2 is 1.74 bits per heavy atom. The van der Waals surface area contributed by atoms with Crippen LogP contribution in [-0.4, -0.2) is 34.1 Å². The highest BCUT2D eigenvalue weighted by Crippen LogP contribution is 2.23. The molecule has 1 amide bonds. The van der Waals surface area contributed by atoms with E-state index in [2.05, 4.69) is 0 Å². The summed E-state index contributed by atoms with van der Waals surface area (Å²) in [5, 5.41) is 1.01. The molecule has 0 unspecified atom stereocenters. The van der Waals surface area contributed by atoms with Gasteiger partial charge in [-0.25, -0.2) is 4.79 Å². The second kappa shape index (κ2) is 7.66. The first-order valence-corrected chi connectivity index (χ1v) is 9.32. The van der Waals surface area contributed by atoms with Crippen LogP contribution in [0.4, 0.5) is 4.79 Å². The average Bonchev–Trinajstić information content (AvgIpc) is 3.16. The van der Waals surface area contributed by atoms with Crippen LogP contribution in [0.25, 0.3) is 10.9 Å². The summed E-state index contributed by atoms with van der Waals surface area (Å²) < 4.78 is 7.13. The average molecular weight is 362 g/mol. The Labute approximate surface area is 158 Å². The van der Waals surface area contributed by atoms with E-state index in [-0.39, 0.29) is 12.5 Å². The summed E-state index contributed by atoms with van der Waals surface area (Å²) in [5.74, 6) is -0.0763. The van der Waals surface area contributed by atoms with Gasteiger partial charge in [0.2, 0.25) is 0 Å². The summed E-state index contributed by atoms with van der Waals surface area (Å²) in [6, 6.07) is 18.8. The minimum absolute atomic E-state index is 0.0763. The van der Waals surface area contributed by atoms with Gasteiger partial charge in [-0.1, -0.05) is 48.5 Å². The fourth-order valence-electron chi connectivity index (χ4n) is 3.64. The highest BCUT2D eigenvalue weighted by Gasteiger charge is 2.34. The minimum Gasteiger partial charge on any atom is -0.445 e. The van der Waals surface area contributed by atoms with Gasteiger partial charge in [-0.05, 0) is 37.0 Å². The maximum atomic E-state index is 13.2. The number of likely N-dealkylation sites (tertiary alicyclic amines) is 1. The molecule has 0 spiro atoms. The molecule has 5 heteroatoms. The van der Waals surface area contributed by atoms with E-state index in [4.69, 9.17) is 4.74 Å². The zero-order valence-electron chi connectivity index (χ0n) is 15.1. The van der Waals surface area contributed by atoms with E-state index in [1.807, 2.05) is 60.7 Å². The second-order valence-electron chi connectivity index (χ2n) is 6.83. The number of benzene rings is 2. The van der Waals surface area contributed by atoms with Gasteiger partial charge in [0.1, 0.15) is 12.6 Å². The number of ether oxygens (including phenoxy) is 1. The molecule has 0 radical (unpaired) electrons.